The van der Waals surface area contributed by atoms with Crippen molar-refractivity contribution in [2.45, 2.75) is 295 Å². The Labute approximate surface area is 443 Å². The van der Waals surface area contributed by atoms with Crippen LogP contribution in [0.3, 0.4) is 0 Å². The first kappa shape index (κ1) is 70.1. The van der Waals surface area contributed by atoms with Crippen molar-refractivity contribution in [3.8, 4) is 0 Å². The van der Waals surface area contributed by atoms with Gasteiger partial charge < -0.3 is 51.3 Å². The molecule has 0 fully saturated rings. The van der Waals surface area contributed by atoms with Crippen LogP contribution >= 0.6 is 0 Å². The van der Waals surface area contributed by atoms with Gasteiger partial charge in [-0.05, 0) is 78.0 Å². The molecule has 428 valence electrons. The quantitative estimate of drug-likeness (QED) is 0.0272. The lowest BCUT2D eigenvalue weighted by Crippen LogP contribution is -2.51. The third kappa shape index (κ3) is 42.4. The van der Waals surface area contributed by atoms with Crippen LogP contribution in [0.4, 0.5) is 0 Å². The normalized spacial score (nSPS) is 14.0. The zero-order chi connectivity index (χ0) is 53.3. The summed E-state index contributed by atoms with van der Waals surface area (Å²) in [6.45, 7) is 11.7. The van der Waals surface area contributed by atoms with Gasteiger partial charge in [0.2, 0.25) is 11.8 Å². The van der Waals surface area contributed by atoms with Crippen LogP contribution in [0.15, 0.2) is 0 Å². The van der Waals surface area contributed by atoms with E-state index in [1.807, 2.05) is 0 Å². The molecule has 0 saturated heterocycles. The fourth-order valence-electron chi connectivity index (χ4n) is 9.89. The van der Waals surface area contributed by atoms with Gasteiger partial charge in [0.15, 0.2) is 6.10 Å². The predicted molar refractivity (Wildman–Crippen MR) is 300 cm³/mol. The summed E-state index contributed by atoms with van der Waals surface area (Å²) in [5, 5.41) is 56.7. The summed E-state index contributed by atoms with van der Waals surface area (Å²) in [6, 6.07) is -0.474. The topological polar surface area (TPSA) is 195 Å². The molecule has 5 atom stereocenters. The van der Waals surface area contributed by atoms with Gasteiger partial charge in [-0.1, -0.05) is 213 Å². The van der Waals surface area contributed by atoms with Crippen LogP contribution < -0.4 is 16.0 Å². The van der Waals surface area contributed by atoms with Crippen LogP contribution in [0.1, 0.15) is 265 Å². The monoisotopic (exact) mass is 1030 g/mol. The molecule has 0 radical (unpaired) electrons. The minimum absolute atomic E-state index is 0.0292. The molecule has 3 amide bonds. The Kier molecular flexibility index (Phi) is 49.9. The molecule has 0 heterocycles. The summed E-state index contributed by atoms with van der Waals surface area (Å²) in [4.78, 5) is 43.9. The molecule has 0 aromatic heterocycles. The molecule has 0 aliphatic carbocycles. The molecule has 1 unspecified atom stereocenters. The predicted octanol–water partition coefficient (Wildman–Crippen LogP) is 10.5. The maximum absolute atomic E-state index is 13.5. The first-order valence-electron chi connectivity index (χ1n) is 30.5. The maximum Gasteiger partial charge on any atom is 0.251 e. The van der Waals surface area contributed by atoms with E-state index >= 15 is 0 Å². The van der Waals surface area contributed by atoms with Gasteiger partial charge in [-0.15, -0.1) is 0 Å². The van der Waals surface area contributed by atoms with Gasteiger partial charge in [0.1, 0.15) is 24.4 Å². The van der Waals surface area contributed by atoms with Crippen LogP contribution in [0, 0.1) is 5.92 Å². The molecule has 13 heteroatoms. The van der Waals surface area contributed by atoms with E-state index in [0.717, 1.165) is 77.0 Å². The van der Waals surface area contributed by atoms with Crippen LogP contribution in [0.2, 0.25) is 0 Å². The molecule has 0 aromatic carbocycles. The van der Waals surface area contributed by atoms with E-state index in [1.165, 1.54) is 174 Å². The molecule has 0 saturated carbocycles. The summed E-state index contributed by atoms with van der Waals surface area (Å²) >= 11 is 0. The van der Waals surface area contributed by atoms with Crippen molar-refractivity contribution in [2.75, 3.05) is 60.0 Å². The largest absolute Gasteiger partial charge is 0.394 e. The van der Waals surface area contributed by atoms with Gasteiger partial charge in [0.25, 0.3) is 5.91 Å². The van der Waals surface area contributed by atoms with Gasteiger partial charge in [-0.2, -0.15) is 0 Å². The maximum atomic E-state index is 13.5. The zero-order valence-corrected chi connectivity index (χ0v) is 47.6. The molecule has 0 aliphatic rings. The Bertz CT molecular complexity index is 1190. The Morgan fingerprint density at radius 2 is 0.792 bits per heavy atom. The van der Waals surface area contributed by atoms with E-state index in [0.29, 0.717) is 38.3 Å². The van der Waals surface area contributed by atoms with E-state index in [-0.39, 0.29) is 11.8 Å². The van der Waals surface area contributed by atoms with Gasteiger partial charge in [-0.3, -0.25) is 14.4 Å². The fraction of sp³-hybridized carbons (Fsp3) is 0.949. The number of unbranched alkanes of at least 4 members (excludes halogenated alkanes) is 30. The van der Waals surface area contributed by atoms with Gasteiger partial charge in [0.05, 0.1) is 6.61 Å². The number of aliphatic hydroxyl groups is 5. The number of hydrogen-bond acceptors (Lipinski definition) is 10. The Morgan fingerprint density at radius 1 is 0.431 bits per heavy atom. The number of hydrogen-bond donors (Lipinski definition) is 8. The molecular weight excluding hydrogens is 907 g/mol. The van der Waals surface area contributed by atoms with E-state index in [2.05, 4.69) is 60.6 Å². The van der Waals surface area contributed by atoms with E-state index in [9.17, 15) is 34.8 Å². The molecule has 0 rings (SSSR count). The van der Waals surface area contributed by atoms with E-state index < -0.39 is 43.0 Å². The summed E-state index contributed by atoms with van der Waals surface area (Å²) in [7, 11) is 4.66. The first-order valence-corrected chi connectivity index (χ1v) is 30.5. The van der Waals surface area contributed by atoms with Crippen LogP contribution in [-0.4, -0.2) is 143 Å². The molecule has 8 N–H and O–H groups in total. The summed E-state index contributed by atoms with van der Waals surface area (Å²) < 4.78 is 0. The molecular formula is C59H119N5O8. The minimum Gasteiger partial charge on any atom is -0.394 e. The standard InChI is InChI=1S/C59H119N5O8/c1-6-9-12-15-18-22-27-35-42-52(62-54(67)43-36-28-23-20-19-21-24-30-37-45-61-59(72)57(70)56(69)55(68)53(66)50-65)58(71)60-44-38-31-29-34-41-51(48-63(4)46-39-32-25-16-13-10-7-2)49-64(5)47-40-33-26-17-14-11-8-3/h51-53,55-57,65-66,68-70H,6-50H2,1-5H3,(H,60,71)(H,61,72)(H,62,67)/t52?,53-,55-,56+,57-/m1/s1. The Morgan fingerprint density at radius 3 is 1.22 bits per heavy atom. The van der Waals surface area contributed by atoms with Crippen molar-refractivity contribution in [1.29, 1.82) is 0 Å². The smallest absolute Gasteiger partial charge is 0.251 e. The van der Waals surface area contributed by atoms with Crippen molar-refractivity contribution in [3.05, 3.63) is 0 Å². The highest BCUT2D eigenvalue weighted by Gasteiger charge is 2.34. The zero-order valence-electron chi connectivity index (χ0n) is 47.6. The first-order chi connectivity index (χ1) is 34.9. The number of carbonyl (C=O) groups is 3. The van der Waals surface area contributed by atoms with Gasteiger partial charge in [0, 0.05) is 32.6 Å². The molecule has 0 aromatic rings. The average molecular weight is 1030 g/mol. The van der Waals surface area contributed by atoms with Crippen molar-refractivity contribution in [1.82, 2.24) is 25.8 Å². The van der Waals surface area contributed by atoms with Gasteiger partial charge >= 0.3 is 0 Å². The second kappa shape index (κ2) is 51.2. The summed E-state index contributed by atoms with van der Waals surface area (Å²) in [5.74, 6) is -0.219. The van der Waals surface area contributed by atoms with Crippen molar-refractivity contribution in [2.24, 2.45) is 5.92 Å². The number of nitrogens with one attached hydrogen (secondary N) is 3. The second-order valence-corrected chi connectivity index (χ2v) is 21.9. The number of nitrogens with zero attached hydrogens (tertiary/aromatic N) is 2. The lowest BCUT2D eigenvalue weighted by molar-refractivity contribution is -0.148. The molecule has 13 nitrogen and oxygen atoms in total. The lowest BCUT2D eigenvalue weighted by Gasteiger charge is -2.28. The van der Waals surface area contributed by atoms with Gasteiger partial charge in [-0.25, -0.2) is 0 Å². The van der Waals surface area contributed by atoms with Crippen LogP contribution in [0.25, 0.3) is 0 Å². The molecule has 72 heavy (non-hydrogen) atoms. The van der Waals surface area contributed by atoms with Crippen molar-refractivity contribution in [3.63, 3.8) is 0 Å². The second-order valence-electron chi connectivity index (χ2n) is 21.9. The van der Waals surface area contributed by atoms with Crippen LogP contribution in [0.5, 0.6) is 0 Å². The molecule has 0 aliphatic heterocycles. The fourth-order valence-corrected chi connectivity index (χ4v) is 9.89. The number of rotatable bonds is 55. The highest BCUT2D eigenvalue weighted by molar-refractivity contribution is 5.87. The number of amides is 3. The van der Waals surface area contributed by atoms with Crippen LogP contribution in [-0.2, 0) is 14.4 Å². The number of aliphatic hydroxyl groups excluding tert-OH is 5. The average Bonchev–Trinajstić information content (AvgIpc) is 3.37. The molecule has 0 spiro atoms. The number of carbonyl (C=O) groups excluding carboxylic acids is 3. The summed E-state index contributed by atoms with van der Waals surface area (Å²) in [6.07, 6.45) is 36.7. The SMILES string of the molecule is CCCCCCCCCCC(NC(=O)CCCCCCCCCCCNC(=O)[C@H](O)[C@@H](O)[C@H](O)[C@H](O)CO)C(=O)NCCCCCCC(CN(C)CCCCCCCCC)CN(C)CCCCCCCCC. The van der Waals surface area contributed by atoms with E-state index in [4.69, 9.17) is 5.11 Å². The highest BCUT2D eigenvalue weighted by Crippen LogP contribution is 2.18. The lowest BCUT2D eigenvalue weighted by atomic mass is 9.99. The third-order valence-corrected chi connectivity index (χ3v) is 14.7. The van der Waals surface area contributed by atoms with Crippen molar-refractivity contribution >= 4 is 17.7 Å². The minimum atomic E-state index is -1.91. The Hall–Kier alpha value is -1.87. The highest BCUT2D eigenvalue weighted by atomic mass is 16.4. The van der Waals surface area contributed by atoms with Crippen molar-refractivity contribution < 1.29 is 39.9 Å². The molecule has 0 bridgehead atoms. The summed E-state index contributed by atoms with van der Waals surface area (Å²) in [5.41, 5.74) is 0. The Balaban J connectivity index is 4.74. The van der Waals surface area contributed by atoms with E-state index in [1.54, 1.807) is 0 Å². The third-order valence-electron chi connectivity index (χ3n) is 14.7.